The maximum absolute atomic E-state index is 11.9. The summed E-state index contributed by atoms with van der Waals surface area (Å²) in [4.78, 5) is 13.4. The van der Waals surface area contributed by atoms with Gasteiger partial charge >= 0.3 is 0 Å². The molecule has 0 saturated heterocycles. The van der Waals surface area contributed by atoms with Gasteiger partial charge in [-0.1, -0.05) is 36.4 Å². The molecule has 1 heterocycles. The number of aromatic nitrogens is 2. The molecule has 0 unspecified atom stereocenters. The van der Waals surface area contributed by atoms with Gasteiger partial charge in [-0.15, -0.1) is 16.8 Å². The van der Waals surface area contributed by atoms with Crippen LogP contribution in [0.15, 0.2) is 55.1 Å². The molecule has 0 fully saturated rings. The van der Waals surface area contributed by atoms with Crippen LogP contribution in [0, 0.1) is 0 Å². The smallest absolute Gasteiger partial charge is 0.228 e. The molecule has 20 heavy (non-hydrogen) atoms. The number of benzene rings is 1. The average Bonchev–Trinajstić information content (AvgIpc) is 2.53. The molecule has 0 radical (unpaired) electrons. The fraction of sp³-hybridized carbons (Fsp3) is 0.188. The quantitative estimate of drug-likeness (QED) is 0.782. The number of nitrogens with zero attached hydrogens (tertiary/aromatic N) is 3. The van der Waals surface area contributed by atoms with E-state index in [0.29, 0.717) is 18.7 Å². The molecule has 4 nitrogen and oxygen atoms in total. The third kappa shape index (κ3) is 3.29. The second-order valence-corrected chi connectivity index (χ2v) is 4.42. The fourth-order valence-corrected chi connectivity index (χ4v) is 1.79. The second kappa shape index (κ2) is 6.61. The van der Waals surface area contributed by atoms with Gasteiger partial charge in [-0.2, -0.15) is 0 Å². The molecule has 4 heteroatoms. The first-order valence-electron chi connectivity index (χ1n) is 6.49. The van der Waals surface area contributed by atoms with E-state index in [1.807, 2.05) is 36.4 Å². The van der Waals surface area contributed by atoms with Crippen LogP contribution in [0.2, 0.25) is 0 Å². The number of anilines is 1. The summed E-state index contributed by atoms with van der Waals surface area (Å²) in [5.41, 5.74) is 1.80. The van der Waals surface area contributed by atoms with Gasteiger partial charge < -0.3 is 0 Å². The molecule has 1 amide bonds. The van der Waals surface area contributed by atoms with E-state index in [2.05, 4.69) is 16.8 Å². The number of carbonyl (C=O) groups excluding carboxylic acids is 1. The van der Waals surface area contributed by atoms with E-state index in [1.165, 1.54) is 4.90 Å². The van der Waals surface area contributed by atoms with Gasteiger partial charge in [0.2, 0.25) is 5.91 Å². The number of rotatable bonds is 5. The largest absolute Gasteiger partial charge is 0.298 e. The molecule has 2 rings (SSSR count). The van der Waals surface area contributed by atoms with Crippen LogP contribution >= 0.6 is 0 Å². The van der Waals surface area contributed by atoms with Crippen molar-refractivity contribution in [2.75, 3.05) is 11.9 Å². The fourth-order valence-electron chi connectivity index (χ4n) is 1.79. The molecule has 1 aromatic heterocycles. The highest BCUT2D eigenvalue weighted by Crippen LogP contribution is 2.17. The van der Waals surface area contributed by atoms with Gasteiger partial charge in [0.25, 0.3) is 0 Å². The van der Waals surface area contributed by atoms with Gasteiger partial charge in [0.1, 0.15) is 0 Å². The summed E-state index contributed by atoms with van der Waals surface area (Å²) >= 11 is 0. The van der Waals surface area contributed by atoms with Gasteiger partial charge in [-0.3, -0.25) is 9.69 Å². The molecule has 102 valence electrons. The second-order valence-electron chi connectivity index (χ2n) is 4.42. The Morgan fingerprint density at radius 2 is 1.95 bits per heavy atom. The van der Waals surface area contributed by atoms with E-state index in [-0.39, 0.29) is 5.91 Å². The molecular weight excluding hydrogens is 250 g/mol. The molecule has 1 aromatic carbocycles. The highest BCUT2D eigenvalue weighted by molar-refractivity contribution is 5.91. The van der Waals surface area contributed by atoms with Crippen LogP contribution in [-0.4, -0.2) is 23.2 Å². The zero-order chi connectivity index (χ0) is 14.4. The first-order valence-corrected chi connectivity index (χ1v) is 6.49. The summed E-state index contributed by atoms with van der Waals surface area (Å²) in [5.74, 6) is 0.561. The minimum atomic E-state index is 0.00617. The van der Waals surface area contributed by atoms with E-state index in [0.717, 1.165) is 11.3 Å². The van der Waals surface area contributed by atoms with Crippen LogP contribution in [0.3, 0.4) is 0 Å². The van der Waals surface area contributed by atoms with Crippen LogP contribution in [-0.2, 0) is 4.79 Å². The van der Waals surface area contributed by atoms with Crippen molar-refractivity contribution >= 4 is 11.7 Å². The van der Waals surface area contributed by atoms with Gasteiger partial charge in [-0.05, 0) is 18.6 Å². The SMILES string of the molecule is C=CCCC(=O)N(C)c1ccc(-c2ccccc2)nn1. The summed E-state index contributed by atoms with van der Waals surface area (Å²) in [6, 6.07) is 13.5. The Morgan fingerprint density at radius 3 is 2.55 bits per heavy atom. The van der Waals surface area contributed by atoms with Crippen molar-refractivity contribution in [1.82, 2.24) is 10.2 Å². The van der Waals surface area contributed by atoms with E-state index < -0.39 is 0 Å². The van der Waals surface area contributed by atoms with Gasteiger partial charge in [0, 0.05) is 19.0 Å². The van der Waals surface area contributed by atoms with E-state index >= 15 is 0 Å². The Bertz CT molecular complexity index is 578. The Hall–Kier alpha value is -2.49. The Labute approximate surface area is 118 Å². The number of hydrogen-bond donors (Lipinski definition) is 0. The van der Waals surface area contributed by atoms with Crippen molar-refractivity contribution in [2.24, 2.45) is 0 Å². The van der Waals surface area contributed by atoms with E-state index in [4.69, 9.17) is 0 Å². The van der Waals surface area contributed by atoms with Crippen LogP contribution < -0.4 is 4.90 Å². The minimum Gasteiger partial charge on any atom is -0.298 e. The predicted octanol–water partition coefficient (Wildman–Crippen LogP) is 3.07. The number of carbonyl (C=O) groups is 1. The number of amides is 1. The highest BCUT2D eigenvalue weighted by atomic mass is 16.2. The minimum absolute atomic E-state index is 0.00617. The summed E-state index contributed by atoms with van der Waals surface area (Å²) in [7, 11) is 1.71. The standard InChI is InChI=1S/C16H17N3O/c1-3-4-10-16(20)19(2)15-12-11-14(17-18-15)13-8-6-5-7-9-13/h3,5-9,11-12H,1,4,10H2,2H3. The molecule has 0 bridgehead atoms. The number of hydrogen-bond acceptors (Lipinski definition) is 3. The van der Waals surface area contributed by atoms with Crippen LogP contribution in [0.25, 0.3) is 11.3 Å². The lowest BCUT2D eigenvalue weighted by Crippen LogP contribution is -2.26. The topological polar surface area (TPSA) is 46.1 Å². The summed E-state index contributed by atoms with van der Waals surface area (Å²) < 4.78 is 0. The van der Waals surface area contributed by atoms with Crippen molar-refractivity contribution in [3.63, 3.8) is 0 Å². The van der Waals surface area contributed by atoms with E-state index in [1.54, 1.807) is 19.2 Å². The van der Waals surface area contributed by atoms with Gasteiger partial charge in [0.15, 0.2) is 5.82 Å². The molecule has 0 atom stereocenters. The molecule has 2 aromatic rings. The van der Waals surface area contributed by atoms with Gasteiger partial charge in [0.05, 0.1) is 5.69 Å². The lowest BCUT2D eigenvalue weighted by Gasteiger charge is -2.15. The highest BCUT2D eigenvalue weighted by Gasteiger charge is 2.11. The first kappa shape index (κ1) is 13.9. The molecule has 0 N–H and O–H groups in total. The van der Waals surface area contributed by atoms with Crippen molar-refractivity contribution in [2.45, 2.75) is 12.8 Å². The van der Waals surface area contributed by atoms with Crippen LogP contribution in [0.4, 0.5) is 5.82 Å². The maximum Gasteiger partial charge on any atom is 0.228 e. The molecule has 0 spiro atoms. The average molecular weight is 267 g/mol. The van der Waals surface area contributed by atoms with Crippen molar-refractivity contribution in [3.8, 4) is 11.3 Å². The Balaban J connectivity index is 2.12. The monoisotopic (exact) mass is 267 g/mol. The molecule has 0 saturated carbocycles. The summed E-state index contributed by atoms with van der Waals surface area (Å²) in [5, 5.41) is 8.28. The lowest BCUT2D eigenvalue weighted by molar-refractivity contribution is -0.118. The van der Waals surface area contributed by atoms with Crippen LogP contribution in [0.5, 0.6) is 0 Å². The number of allylic oxidation sites excluding steroid dienone is 1. The molecular formula is C16H17N3O. The molecule has 0 aliphatic rings. The zero-order valence-corrected chi connectivity index (χ0v) is 11.5. The molecule has 0 aliphatic carbocycles. The van der Waals surface area contributed by atoms with Crippen molar-refractivity contribution < 1.29 is 4.79 Å². The Morgan fingerprint density at radius 1 is 1.20 bits per heavy atom. The Kier molecular flexibility index (Phi) is 4.60. The summed E-state index contributed by atoms with van der Waals surface area (Å²) in [6.07, 6.45) is 2.83. The van der Waals surface area contributed by atoms with Crippen molar-refractivity contribution in [3.05, 3.63) is 55.1 Å². The first-order chi connectivity index (χ1) is 9.72. The van der Waals surface area contributed by atoms with Crippen LogP contribution in [0.1, 0.15) is 12.8 Å². The molecule has 0 aliphatic heterocycles. The normalized spacial score (nSPS) is 10.1. The third-order valence-electron chi connectivity index (χ3n) is 3.00. The predicted molar refractivity (Wildman–Crippen MR) is 80.3 cm³/mol. The third-order valence-corrected chi connectivity index (χ3v) is 3.00. The maximum atomic E-state index is 11.9. The van der Waals surface area contributed by atoms with E-state index in [9.17, 15) is 4.79 Å². The summed E-state index contributed by atoms with van der Waals surface area (Å²) in [6.45, 7) is 3.61. The van der Waals surface area contributed by atoms with Crippen molar-refractivity contribution in [1.29, 1.82) is 0 Å². The zero-order valence-electron chi connectivity index (χ0n) is 11.5. The lowest BCUT2D eigenvalue weighted by atomic mass is 10.1. The van der Waals surface area contributed by atoms with Gasteiger partial charge in [-0.25, -0.2) is 0 Å².